The van der Waals surface area contributed by atoms with Gasteiger partial charge in [0.15, 0.2) is 4.80 Å². The molecule has 0 bridgehead atoms. The van der Waals surface area contributed by atoms with Gasteiger partial charge in [-0.3, -0.25) is 4.79 Å². The van der Waals surface area contributed by atoms with Gasteiger partial charge in [-0.25, -0.2) is 0 Å². The lowest BCUT2D eigenvalue weighted by molar-refractivity contribution is 0.0996. The molecule has 0 unspecified atom stereocenters. The smallest absolute Gasteiger partial charge is 0.283 e. The summed E-state index contributed by atoms with van der Waals surface area (Å²) in [6.45, 7) is 6.42. The summed E-state index contributed by atoms with van der Waals surface area (Å²) in [5, 5.41) is 0. The van der Waals surface area contributed by atoms with Gasteiger partial charge in [-0.15, -0.1) is 6.42 Å². The lowest BCUT2D eigenvalue weighted by Crippen LogP contribution is -2.16. The Labute approximate surface area is 149 Å². The van der Waals surface area contributed by atoms with E-state index in [0.29, 0.717) is 35.0 Å². The molecule has 0 atom stereocenters. The van der Waals surface area contributed by atoms with Crippen LogP contribution in [0, 0.1) is 26.2 Å². The van der Waals surface area contributed by atoms with E-state index in [1.807, 2.05) is 29.7 Å². The number of furan rings is 1. The number of terminal acetylenes is 1. The van der Waals surface area contributed by atoms with Gasteiger partial charge in [-0.2, -0.15) is 4.99 Å². The molecule has 1 aromatic carbocycles. The number of hydrogen-bond acceptors (Lipinski definition) is 4. The molecule has 0 aliphatic carbocycles. The van der Waals surface area contributed by atoms with Gasteiger partial charge in [-0.05, 0) is 45.0 Å². The fourth-order valence-electron chi connectivity index (χ4n) is 2.63. The van der Waals surface area contributed by atoms with Crippen LogP contribution in [0.2, 0.25) is 0 Å². The number of benzene rings is 1. The first kappa shape index (κ1) is 17.1. The highest BCUT2D eigenvalue weighted by Crippen LogP contribution is 2.23. The van der Waals surface area contributed by atoms with Crippen molar-refractivity contribution >= 4 is 27.5 Å². The van der Waals surface area contributed by atoms with E-state index in [1.165, 1.54) is 11.3 Å². The van der Waals surface area contributed by atoms with E-state index in [4.69, 9.17) is 15.6 Å². The van der Waals surface area contributed by atoms with Gasteiger partial charge in [0.05, 0.1) is 28.9 Å². The predicted molar refractivity (Wildman–Crippen MR) is 97.9 cm³/mol. The van der Waals surface area contributed by atoms with Crippen molar-refractivity contribution in [1.82, 2.24) is 4.57 Å². The SMILES string of the molecule is C#CCn1c(=NC(=O)c2cc(C)oc2C)sc2cc(OCC)ccc21. The minimum Gasteiger partial charge on any atom is -0.494 e. The molecule has 0 radical (unpaired) electrons. The third-order valence-electron chi connectivity index (χ3n) is 3.68. The highest BCUT2D eigenvalue weighted by atomic mass is 32.1. The Morgan fingerprint density at radius 2 is 2.20 bits per heavy atom. The molecule has 128 valence electrons. The molecule has 0 saturated carbocycles. The fourth-order valence-corrected chi connectivity index (χ4v) is 3.69. The summed E-state index contributed by atoms with van der Waals surface area (Å²) in [7, 11) is 0. The van der Waals surface area contributed by atoms with Gasteiger partial charge in [-0.1, -0.05) is 17.3 Å². The van der Waals surface area contributed by atoms with Gasteiger partial charge >= 0.3 is 0 Å². The maximum Gasteiger partial charge on any atom is 0.283 e. The van der Waals surface area contributed by atoms with Gasteiger partial charge in [0.1, 0.15) is 17.3 Å². The number of hydrogen-bond donors (Lipinski definition) is 0. The summed E-state index contributed by atoms with van der Waals surface area (Å²) in [5.74, 6) is 4.31. The van der Waals surface area contributed by atoms with Crippen molar-refractivity contribution in [3.05, 3.63) is 46.2 Å². The van der Waals surface area contributed by atoms with Crippen LogP contribution in [-0.4, -0.2) is 17.1 Å². The molecule has 0 aliphatic heterocycles. The topological polar surface area (TPSA) is 56.7 Å². The summed E-state index contributed by atoms with van der Waals surface area (Å²) in [6, 6.07) is 7.46. The largest absolute Gasteiger partial charge is 0.494 e. The minimum absolute atomic E-state index is 0.336. The predicted octanol–water partition coefficient (Wildman–Crippen LogP) is 3.69. The van der Waals surface area contributed by atoms with E-state index < -0.39 is 0 Å². The molecule has 3 aromatic rings. The molecule has 0 aliphatic rings. The zero-order valence-corrected chi connectivity index (χ0v) is 15.1. The molecule has 0 spiro atoms. The van der Waals surface area contributed by atoms with Gasteiger partial charge < -0.3 is 13.7 Å². The highest BCUT2D eigenvalue weighted by Gasteiger charge is 2.14. The second-order valence-electron chi connectivity index (χ2n) is 5.48. The van der Waals surface area contributed by atoms with Gasteiger partial charge in [0.2, 0.25) is 0 Å². The third kappa shape index (κ3) is 3.37. The summed E-state index contributed by atoms with van der Waals surface area (Å²) in [5.41, 5.74) is 1.40. The second kappa shape index (κ2) is 6.99. The molecular formula is C19H18N2O3S. The Bertz CT molecular complexity index is 1050. The standard InChI is InChI=1S/C19H18N2O3S/c1-5-9-21-16-8-7-14(23-6-2)11-17(16)25-19(21)20-18(22)15-10-12(3)24-13(15)4/h1,7-8,10-11H,6,9H2,2-4H3. The van der Waals surface area contributed by atoms with E-state index in [0.717, 1.165) is 16.0 Å². The third-order valence-corrected chi connectivity index (χ3v) is 4.72. The van der Waals surface area contributed by atoms with Crippen molar-refractivity contribution in [2.45, 2.75) is 27.3 Å². The van der Waals surface area contributed by atoms with Crippen molar-refractivity contribution in [3.8, 4) is 18.1 Å². The monoisotopic (exact) mass is 354 g/mol. The number of rotatable bonds is 4. The number of ether oxygens (including phenoxy) is 1. The highest BCUT2D eigenvalue weighted by molar-refractivity contribution is 7.16. The van der Waals surface area contributed by atoms with Gasteiger partial charge in [0, 0.05) is 0 Å². The molecule has 5 nitrogen and oxygen atoms in total. The van der Waals surface area contributed by atoms with E-state index >= 15 is 0 Å². The molecule has 0 fully saturated rings. The lowest BCUT2D eigenvalue weighted by Gasteiger charge is -2.03. The summed E-state index contributed by atoms with van der Waals surface area (Å²) in [6.07, 6.45) is 5.49. The Kier molecular flexibility index (Phi) is 4.77. The molecule has 1 amide bonds. The van der Waals surface area contributed by atoms with Crippen LogP contribution in [0.25, 0.3) is 10.2 Å². The zero-order chi connectivity index (χ0) is 18.0. The van der Waals surface area contributed by atoms with Crippen LogP contribution >= 0.6 is 11.3 Å². The second-order valence-corrected chi connectivity index (χ2v) is 6.49. The van der Waals surface area contributed by atoms with Crippen LogP contribution < -0.4 is 9.54 Å². The summed E-state index contributed by atoms with van der Waals surface area (Å²) < 4.78 is 13.8. The quantitative estimate of drug-likeness (QED) is 0.672. The Hall–Kier alpha value is -2.78. The number of carbonyl (C=O) groups is 1. The first-order valence-electron chi connectivity index (χ1n) is 7.89. The van der Waals surface area contributed by atoms with Crippen LogP contribution in [0.15, 0.2) is 33.7 Å². The maximum atomic E-state index is 12.5. The minimum atomic E-state index is -0.336. The number of fused-ring (bicyclic) bond motifs is 1. The molecule has 3 rings (SSSR count). The van der Waals surface area contributed by atoms with Crippen molar-refractivity contribution < 1.29 is 13.9 Å². The molecule has 2 aromatic heterocycles. The molecule has 25 heavy (non-hydrogen) atoms. The summed E-state index contributed by atoms with van der Waals surface area (Å²) >= 11 is 1.41. The van der Waals surface area contributed by atoms with Gasteiger partial charge in [0.25, 0.3) is 5.91 Å². The number of thiazole rings is 1. The van der Waals surface area contributed by atoms with Crippen molar-refractivity contribution in [2.75, 3.05) is 6.61 Å². The normalized spacial score (nSPS) is 11.7. The van der Waals surface area contributed by atoms with Crippen LogP contribution in [0.4, 0.5) is 0 Å². The molecule has 0 N–H and O–H groups in total. The Morgan fingerprint density at radius 1 is 1.40 bits per heavy atom. The summed E-state index contributed by atoms with van der Waals surface area (Å²) in [4.78, 5) is 17.4. The van der Waals surface area contributed by atoms with Crippen LogP contribution in [0.3, 0.4) is 0 Å². The first-order valence-corrected chi connectivity index (χ1v) is 8.71. The number of carbonyl (C=O) groups excluding carboxylic acids is 1. The van der Waals surface area contributed by atoms with E-state index in [1.54, 1.807) is 19.9 Å². The molecular weight excluding hydrogens is 336 g/mol. The van der Waals surface area contributed by atoms with E-state index in [9.17, 15) is 4.79 Å². The van der Waals surface area contributed by atoms with E-state index in [-0.39, 0.29) is 5.91 Å². The van der Waals surface area contributed by atoms with Crippen molar-refractivity contribution in [1.29, 1.82) is 0 Å². The average Bonchev–Trinajstić information content (AvgIpc) is 3.08. The number of nitrogens with zero attached hydrogens (tertiary/aromatic N) is 2. The van der Waals surface area contributed by atoms with E-state index in [2.05, 4.69) is 10.9 Å². The van der Waals surface area contributed by atoms with Crippen molar-refractivity contribution in [3.63, 3.8) is 0 Å². The number of amides is 1. The molecule has 6 heteroatoms. The Balaban J connectivity index is 2.13. The Morgan fingerprint density at radius 3 is 2.84 bits per heavy atom. The number of aromatic nitrogens is 1. The zero-order valence-electron chi connectivity index (χ0n) is 14.3. The van der Waals surface area contributed by atoms with Crippen LogP contribution in [0.5, 0.6) is 5.75 Å². The first-order chi connectivity index (χ1) is 12.0. The maximum absolute atomic E-state index is 12.5. The van der Waals surface area contributed by atoms with Crippen LogP contribution in [0.1, 0.15) is 28.8 Å². The lowest BCUT2D eigenvalue weighted by atomic mass is 10.2. The fraction of sp³-hybridized carbons (Fsp3) is 0.263. The average molecular weight is 354 g/mol. The molecule has 2 heterocycles. The van der Waals surface area contributed by atoms with Crippen molar-refractivity contribution in [2.24, 2.45) is 4.99 Å². The number of aryl methyl sites for hydroxylation is 2. The van der Waals surface area contributed by atoms with Crippen LogP contribution in [-0.2, 0) is 6.54 Å². The molecule has 0 saturated heterocycles.